The normalized spacial score (nSPS) is 18.6. The first-order chi connectivity index (χ1) is 10.4. The van der Waals surface area contributed by atoms with Gasteiger partial charge in [-0.2, -0.15) is 5.10 Å². The van der Waals surface area contributed by atoms with Crippen molar-refractivity contribution in [1.82, 2.24) is 29.9 Å². The molecule has 0 saturated carbocycles. The van der Waals surface area contributed by atoms with Crippen LogP contribution in [0.5, 0.6) is 0 Å². The maximum Gasteiger partial charge on any atom is 0.225 e. The smallest absolute Gasteiger partial charge is 0.225 e. The van der Waals surface area contributed by atoms with Crippen molar-refractivity contribution in [3.63, 3.8) is 0 Å². The van der Waals surface area contributed by atoms with Crippen LogP contribution >= 0.6 is 0 Å². The fraction of sp³-hybridized carbons (Fsp3) is 0.385. The predicted octanol–water partition coefficient (Wildman–Crippen LogP) is 0.706. The number of hydrogen-bond acceptors (Lipinski definition) is 7. The third-order valence-electron chi connectivity index (χ3n) is 4.19. The lowest BCUT2D eigenvalue weighted by Gasteiger charge is -2.30. The molecule has 3 aromatic heterocycles. The number of nitrogens with zero attached hydrogens (tertiary/aromatic N) is 7. The Morgan fingerprint density at radius 2 is 1.90 bits per heavy atom. The molecule has 0 unspecified atom stereocenters. The van der Waals surface area contributed by atoms with Crippen molar-refractivity contribution in [3.05, 3.63) is 18.6 Å². The zero-order chi connectivity index (χ0) is 13.8. The lowest BCUT2D eigenvalue weighted by Crippen LogP contribution is -2.46. The van der Waals surface area contributed by atoms with Gasteiger partial charge in [0.2, 0.25) is 5.95 Å². The molecule has 3 aromatic rings. The standard InChI is InChI=1S/C13H14N8/c1-2-4-19(3-1)20-8-16-13-15-6-9-5-14-12-10(7-17-18-12)11(9)21(13)20/h5-7H,1-4,8H2,(H,15,16). The zero-order valence-electron chi connectivity index (χ0n) is 11.4. The van der Waals surface area contributed by atoms with Gasteiger partial charge >= 0.3 is 0 Å². The number of anilines is 1. The monoisotopic (exact) mass is 282 g/mol. The molecule has 0 atom stereocenters. The minimum atomic E-state index is 0.677. The van der Waals surface area contributed by atoms with Crippen molar-refractivity contribution in [1.29, 1.82) is 0 Å². The molecule has 0 bridgehead atoms. The number of hydrazine groups is 1. The first kappa shape index (κ1) is 11.2. The molecule has 21 heavy (non-hydrogen) atoms. The van der Waals surface area contributed by atoms with Crippen LogP contribution in [0.25, 0.3) is 21.9 Å². The van der Waals surface area contributed by atoms with Crippen LogP contribution in [0.3, 0.4) is 0 Å². The summed E-state index contributed by atoms with van der Waals surface area (Å²) in [5, 5.41) is 18.0. The van der Waals surface area contributed by atoms with Crippen LogP contribution in [0.15, 0.2) is 18.6 Å². The fourth-order valence-electron chi connectivity index (χ4n) is 3.20. The molecular weight excluding hydrogens is 268 g/mol. The van der Waals surface area contributed by atoms with Crippen LogP contribution in [0.4, 0.5) is 5.95 Å². The van der Waals surface area contributed by atoms with Crippen LogP contribution in [-0.4, -0.2) is 49.6 Å². The van der Waals surface area contributed by atoms with E-state index in [0.29, 0.717) is 5.65 Å². The average molecular weight is 282 g/mol. The second-order valence-electron chi connectivity index (χ2n) is 5.41. The summed E-state index contributed by atoms with van der Waals surface area (Å²) in [5.74, 6) is 0.850. The number of fused-ring (bicyclic) bond motifs is 5. The Kier molecular flexibility index (Phi) is 2.14. The number of aromatic nitrogens is 5. The SMILES string of the molecule is c1nc2n(c3c1cnc1nncc13)N(N1CCCC1)CN2. The molecule has 2 aliphatic rings. The zero-order valence-corrected chi connectivity index (χ0v) is 11.4. The summed E-state index contributed by atoms with van der Waals surface area (Å²) < 4.78 is 2.13. The van der Waals surface area contributed by atoms with Gasteiger partial charge in [-0.1, -0.05) is 0 Å². The molecule has 5 heterocycles. The Hall–Kier alpha value is -2.48. The van der Waals surface area contributed by atoms with Gasteiger partial charge in [-0.15, -0.1) is 5.10 Å². The molecule has 0 aromatic carbocycles. The summed E-state index contributed by atoms with van der Waals surface area (Å²) in [5.41, 5.74) is 1.74. The van der Waals surface area contributed by atoms with Gasteiger partial charge in [0.05, 0.1) is 17.1 Å². The number of nitrogens with one attached hydrogen (secondary N) is 1. The van der Waals surface area contributed by atoms with E-state index >= 15 is 0 Å². The molecule has 1 fully saturated rings. The number of pyridine rings is 1. The maximum atomic E-state index is 4.50. The lowest BCUT2D eigenvalue weighted by molar-refractivity contribution is 0.257. The van der Waals surface area contributed by atoms with Crippen LogP contribution in [0.2, 0.25) is 0 Å². The van der Waals surface area contributed by atoms with Crippen LogP contribution < -0.4 is 10.4 Å². The molecule has 106 valence electrons. The highest BCUT2D eigenvalue weighted by molar-refractivity contribution is 6.02. The van der Waals surface area contributed by atoms with E-state index in [2.05, 4.69) is 40.3 Å². The molecule has 8 nitrogen and oxygen atoms in total. The molecule has 0 radical (unpaired) electrons. The van der Waals surface area contributed by atoms with E-state index in [1.54, 1.807) is 6.20 Å². The van der Waals surface area contributed by atoms with Gasteiger partial charge in [-0.05, 0) is 12.8 Å². The van der Waals surface area contributed by atoms with E-state index in [9.17, 15) is 0 Å². The summed E-state index contributed by atoms with van der Waals surface area (Å²) in [6.07, 6.45) is 7.91. The summed E-state index contributed by atoms with van der Waals surface area (Å²) in [6, 6.07) is 0. The van der Waals surface area contributed by atoms with Crippen molar-refractivity contribution in [3.8, 4) is 0 Å². The molecule has 0 spiro atoms. The van der Waals surface area contributed by atoms with Gasteiger partial charge in [0.15, 0.2) is 5.65 Å². The van der Waals surface area contributed by atoms with E-state index in [1.807, 2.05) is 12.4 Å². The quantitative estimate of drug-likeness (QED) is 0.704. The van der Waals surface area contributed by atoms with E-state index in [0.717, 1.165) is 42.0 Å². The summed E-state index contributed by atoms with van der Waals surface area (Å²) >= 11 is 0. The Bertz CT molecular complexity index is 835. The third kappa shape index (κ3) is 1.47. The number of hydrogen-bond donors (Lipinski definition) is 1. The largest absolute Gasteiger partial charge is 0.334 e. The topological polar surface area (TPSA) is 75.0 Å². The minimum Gasteiger partial charge on any atom is -0.334 e. The van der Waals surface area contributed by atoms with Gasteiger partial charge in [0.25, 0.3) is 0 Å². The van der Waals surface area contributed by atoms with Gasteiger partial charge in [0, 0.05) is 30.9 Å². The highest BCUT2D eigenvalue weighted by atomic mass is 15.9. The minimum absolute atomic E-state index is 0.677. The molecule has 0 aliphatic carbocycles. The van der Waals surface area contributed by atoms with Crippen molar-refractivity contribution in [2.75, 3.05) is 30.2 Å². The molecule has 2 aliphatic heterocycles. The predicted molar refractivity (Wildman–Crippen MR) is 78.1 cm³/mol. The molecule has 8 heteroatoms. The summed E-state index contributed by atoms with van der Waals surface area (Å²) in [4.78, 5) is 8.84. The first-order valence-corrected chi connectivity index (χ1v) is 7.16. The molecular formula is C13H14N8. The van der Waals surface area contributed by atoms with E-state index in [4.69, 9.17) is 0 Å². The van der Waals surface area contributed by atoms with Crippen molar-refractivity contribution < 1.29 is 0 Å². The fourth-order valence-corrected chi connectivity index (χ4v) is 3.20. The summed E-state index contributed by atoms with van der Waals surface area (Å²) in [7, 11) is 0. The van der Waals surface area contributed by atoms with E-state index in [1.165, 1.54) is 12.8 Å². The van der Waals surface area contributed by atoms with Crippen LogP contribution in [-0.2, 0) is 0 Å². The highest BCUT2D eigenvalue weighted by Gasteiger charge is 2.28. The Labute approximate surface area is 120 Å². The molecule has 1 N–H and O–H groups in total. The maximum absolute atomic E-state index is 4.50. The second-order valence-corrected chi connectivity index (χ2v) is 5.41. The van der Waals surface area contributed by atoms with Gasteiger partial charge in [-0.3, -0.25) is 0 Å². The Morgan fingerprint density at radius 1 is 1.05 bits per heavy atom. The van der Waals surface area contributed by atoms with Crippen molar-refractivity contribution >= 4 is 27.9 Å². The molecule has 5 rings (SSSR count). The Balaban J connectivity index is 1.82. The highest BCUT2D eigenvalue weighted by Crippen LogP contribution is 2.28. The van der Waals surface area contributed by atoms with E-state index in [-0.39, 0.29) is 0 Å². The lowest BCUT2D eigenvalue weighted by atomic mass is 10.2. The van der Waals surface area contributed by atoms with Gasteiger partial charge in [0.1, 0.15) is 6.67 Å². The average Bonchev–Trinajstić information content (AvgIpc) is 3.25. The van der Waals surface area contributed by atoms with Crippen LogP contribution in [0, 0.1) is 0 Å². The molecule has 1 saturated heterocycles. The summed E-state index contributed by atoms with van der Waals surface area (Å²) in [6.45, 7) is 2.89. The van der Waals surface area contributed by atoms with Crippen molar-refractivity contribution in [2.24, 2.45) is 0 Å². The Morgan fingerprint density at radius 3 is 2.81 bits per heavy atom. The molecule has 0 amide bonds. The first-order valence-electron chi connectivity index (χ1n) is 7.16. The third-order valence-corrected chi connectivity index (χ3v) is 4.19. The van der Waals surface area contributed by atoms with Gasteiger partial charge < -0.3 is 5.32 Å². The van der Waals surface area contributed by atoms with Gasteiger partial charge in [-0.25, -0.2) is 24.8 Å². The van der Waals surface area contributed by atoms with E-state index < -0.39 is 0 Å². The van der Waals surface area contributed by atoms with Crippen LogP contribution in [0.1, 0.15) is 12.8 Å². The second kappa shape index (κ2) is 4.01. The number of rotatable bonds is 1. The van der Waals surface area contributed by atoms with Crippen molar-refractivity contribution in [2.45, 2.75) is 12.8 Å².